The van der Waals surface area contributed by atoms with Crippen LogP contribution in [0.3, 0.4) is 0 Å². The second-order valence-electron chi connectivity index (χ2n) is 3.49. The Hall–Kier alpha value is -1.35. The Balaban J connectivity index is 2.48. The molecule has 15 heavy (non-hydrogen) atoms. The summed E-state index contributed by atoms with van der Waals surface area (Å²) in [6.45, 7) is 4.08. The summed E-state index contributed by atoms with van der Waals surface area (Å²) in [5, 5.41) is 3.16. The zero-order valence-electron chi connectivity index (χ0n) is 9.07. The van der Waals surface area contributed by atoms with E-state index in [4.69, 9.17) is 4.74 Å². The van der Waals surface area contributed by atoms with E-state index in [0.717, 1.165) is 22.0 Å². The van der Waals surface area contributed by atoms with Crippen LogP contribution in [0.4, 0.5) is 0 Å². The van der Waals surface area contributed by atoms with Gasteiger partial charge < -0.3 is 4.74 Å². The van der Waals surface area contributed by atoms with E-state index in [2.05, 4.69) is 23.4 Å². The highest BCUT2D eigenvalue weighted by atomic mass is 32.1. The summed E-state index contributed by atoms with van der Waals surface area (Å²) in [5.41, 5.74) is 3.34. The van der Waals surface area contributed by atoms with Crippen LogP contribution < -0.4 is 4.74 Å². The van der Waals surface area contributed by atoms with E-state index < -0.39 is 0 Å². The monoisotopic (exact) mass is 219 g/mol. The fraction of sp³-hybridized carbons (Fsp3) is 0.250. The van der Waals surface area contributed by atoms with Gasteiger partial charge in [0.1, 0.15) is 5.75 Å². The molecule has 0 N–H and O–H groups in total. The van der Waals surface area contributed by atoms with Crippen LogP contribution in [0.25, 0.3) is 11.3 Å². The number of benzene rings is 1. The van der Waals surface area contributed by atoms with E-state index in [1.165, 1.54) is 5.56 Å². The topological polar surface area (TPSA) is 22.1 Å². The minimum atomic E-state index is 0.885. The first kappa shape index (κ1) is 10.2. The number of aryl methyl sites for hydroxylation is 2. The molecule has 0 aliphatic heterocycles. The second kappa shape index (κ2) is 4.03. The van der Waals surface area contributed by atoms with E-state index in [9.17, 15) is 0 Å². The van der Waals surface area contributed by atoms with Crippen molar-refractivity contribution in [2.24, 2.45) is 0 Å². The zero-order valence-corrected chi connectivity index (χ0v) is 9.89. The van der Waals surface area contributed by atoms with E-state index in [1.807, 2.05) is 19.1 Å². The average Bonchev–Trinajstić information content (AvgIpc) is 2.64. The Bertz CT molecular complexity index is 476. The molecule has 0 fully saturated rings. The molecule has 78 valence electrons. The number of ether oxygens (including phenoxy) is 1. The highest BCUT2D eigenvalue weighted by molar-refractivity contribution is 7.09. The van der Waals surface area contributed by atoms with E-state index in [-0.39, 0.29) is 0 Å². The van der Waals surface area contributed by atoms with E-state index in [1.54, 1.807) is 18.4 Å². The molecule has 0 atom stereocenters. The van der Waals surface area contributed by atoms with Crippen molar-refractivity contribution in [3.8, 4) is 17.0 Å². The quantitative estimate of drug-likeness (QED) is 0.772. The highest BCUT2D eigenvalue weighted by Crippen LogP contribution is 2.26. The third kappa shape index (κ3) is 2.18. The van der Waals surface area contributed by atoms with Crippen molar-refractivity contribution in [3.05, 3.63) is 34.2 Å². The summed E-state index contributed by atoms with van der Waals surface area (Å²) in [6.07, 6.45) is 0. The number of hydrogen-bond donors (Lipinski definition) is 0. The standard InChI is InChI=1S/C12H13NOS/c1-8-4-10(6-11(5-8)14-3)12-7-15-9(2)13-12/h4-7H,1-3H3. The number of rotatable bonds is 2. The van der Waals surface area contributed by atoms with Crippen LogP contribution in [0.1, 0.15) is 10.6 Å². The molecule has 0 spiro atoms. The summed E-state index contributed by atoms with van der Waals surface area (Å²) in [5.74, 6) is 0.885. The molecule has 0 unspecified atom stereocenters. The SMILES string of the molecule is COc1cc(C)cc(-c2csc(C)n2)c1. The lowest BCUT2D eigenvalue weighted by Crippen LogP contribution is -1.86. The van der Waals surface area contributed by atoms with Gasteiger partial charge in [0.05, 0.1) is 17.8 Å². The van der Waals surface area contributed by atoms with Crippen LogP contribution in [-0.2, 0) is 0 Å². The molecule has 2 nitrogen and oxygen atoms in total. The molecule has 0 aliphatic carbocycles. The minimum absolute atomic E-state index is 0.885. The van der Waals surface area contributed by atoms with Crippen molar-refractivity contribution in [2.45, 2.75) is 13.8 Å². The lowest BCUT2D eigenvalue weighted by atomic mass is 10.1. The maximum Gasteiger partial charge on any atom is 0.119 e. The molecule has 0 radical (unpaired) electrons. The first-order valence-corrected chi connectivity index (χ1v) is 5.65. The summed E-state index contributed by atoms with van der Waals surface area (Å²) < 4.78 is 5.24. The molecule has 0 aliphatic rings. The molecular weight excluding hydrogens is 206 g/mol. The predicted molar refractivity (Wildman–Crippen MR) is 63.6 cm³/mol. The maximum atomic E-state index is 5.24. The van der Waals surface area contributed by atoms with E-state index in [0.29, 0.717) is 0 Å². The molecule has 2 aromatic rings. The first-order valence-electron chi connectivity index (χ1n) is 4.77. The molecule has 1 heterocycles. The van der Waals surface area contributed by atoms with Crippen molar-refractivity contribution in [1.82, 2.24) is 4.98 Å². The Kier molecular flexibility index (Phi) is 2.73. The molecule has 0 amide bonds. The smallest absolute Gasteiger partial charge is 0.119 e. The lowest BCUT2D eigenvalue weighted by Gasteiger charge is -2.04. The third-order valence-corrected chi connectivity index (χ3v) is 2.97. The first-order chi connectivity index (χ1) is 7.19. The molecule has 1 aromatic carbocycles. The highest BCUT2D eigenvalue weighted by Gasteiger charge is 2.04. The number of nitrogens with zero attached hydrogens (tertiary/aromatic N) is 1. The largest absolute Gasteiger partial charge is 0.497 e. The lowest BCUT2D eigenvalue weighted by molar-refractivity contribution is 0.414. The Morgan fingerprint density at radius 1 is 1.20 bits per heavy atom. The molecule has 0 saturated heterocycles. The van der Waals surface area contributed by atoms with Crippen LogP contribution in [0.5, 0.6) is 5.75 Å². The zero-order chi connectivity index (χ0) is 10.8. The Labute approximate surface area is 93.6 Å². The van der Waals surface area contributed by atoms with Gasteiger partial charge in [0.15, 0.2) is 0 Å². The van der Waals surface area contributed by atoms with Crippen LogP contribution >= 0.6 is 11.3 Å². The Morgan fingerprint density at radius 3 is 2.60 bits per heavy atom. The van der Waals surface area contributed by atoms with Crippen LogP contribution in [-0.4, -0.2) is 12.1 Å². The molecule has 2 rings (SSSR count). The fourth-order valence-corrected chi connectivity index (χ4v) is 2.13. The van der Waals surface area contributed by atoms with Crippen molar-refractivity contribution < 1.29 is 4.74 Å². The number of hydrogen-bond acceptors (Lipinski definition) is 3. The summed E-state index contributed by atoms with van der Waals surface area (Å²) in [7, 11) is 1.69. The van der Waals surface area contributed by atoms with Gasteiger partial charge in [-0.25, -0.2) is 4.98 Å². The number of thiazole rings is 1. The predicted octanol–water partition coefficient (Wildman–Crippen LogP) is 3.44. The van der Waals surface area contributed by atoms with Crippen LogP contribution in [0.15, 0.2) is 23.6 Å². The van der Waals surface area contributed by atoms with Gasteiger partial charge in [-0.15, -0.1) is 11.3 Å². The van der Waals surface area contributed by atoms with E-state index >= 15 is 0 Å². The molecular formula is C12H13NOS. The molecule has 1 aromatic heterocycles. The summed E-state index contributed by atoms with van der Waals surface area (Å²) in [6, 6.07) is 6.15. The molecule has 0 bridgehead atoms. The fourth-order valence-electron chi connectivity index (χ4n) is 1.51. The summed E-state index contributed by atoms with van der Waals surface area (Å²) in [4.78, 5) is 4.46. The Morgan fingerprint density at radius 2 is 2.00 bits per heavy atom. The number of methoxy groups -OCH3 is 1. The number of aromatic nitrogens is 1. The molecule has 0 saturated carbocycles. The van der Waals surface area contributed by atoms with Gasteiger partial charge in [-0.3, -0.25) is 0 Å². The molecule has 3 heteroatoms. The van der Waals surface area contributed by atoms with Gasteiger partial charge in [-0.1, -0.05) is 0 Å². The van der Waals surface area contributed by atoms with Crippen molar-refractivity contribution in [1.29, 1.82) is 0 Å². The van der Waals surface area contributed by atoms with Crippen LogP contribution in [0, 0.1) is 13.8 Å². The second-order valence-corrected chi connectivity index (χ2v) is 4.55. The van der Waals surface area contributed by atoms with Crippen molar-refractivity contribution in [3.63, 3.8) is 0 Å². The van der Waals surface area contributed by atoms with Gasteiger partial charge >= 0.3 is 0 Å². The van der Waals surface area contributed by atoms with Gasteiger partial charge in [-0.05, 0) is 37.6 Å². The minimum Gasteiger partial charge on any atom is -0.497 e. The van der Waals surface area contributed by atoms with Crippen molar-refractivity contribution >= 4 is 11.3 Å². The average molecular weight is 219 g/mol. The van der Waals surface area contributed by atoms with Gasteiger partial charge in [-0.2, -0.15) is 0 Å². The van der Waals surface area contributed by atoms with Gasteiger partial charge in [0, 0.05) is 10.9 Å². The van der Waals surface area contributed by atoms with Gasteiger partial charge in [0.2, 0.25) is 0 Å². The third-order valence-electron chi connectivity index (χ3n) is 2.20. The normalized spacial score (nSPS) is 10.3. The van der Waals surface area contributed by atoms with Crippen molar-refractivity contribution in [2.75, 3.05) is 7.11 Å². The van der Waals surface area contributed by atoms with Gasteiger partial charge in [0.25, 0.3) is 0 Å². The maximum absolute atomic E-state index is 5.24. The van der Waals surface area contributed by atoms with Crippen LogP contribution in [0.2, 0.25) is 0 Å². The summed E-state index contributed by atoms with van der Waals surface area (Å²) >= 11 is 1.67.